The molecule has 0 radical (unpaired) electrons. The topological polar surface area (TPSA) is 40.1 Å². The minimum Gasteiger partial charge on any atom is -0.378 e. The second-order valence-electron chi connectivity index (χ2n) is 7.59. The predicted molar refractivity (Wildman–Crippen MR) is 112 cm³/mol. The van der Waals surface area contributed by atoms with Gasteiger partial charge in [0.2, 0.25) is 0 Å². The van der Waals surface area contributed by atoms with Crippen LogP contribution in [0.1, 0.15) is 26.3 Å². The van der Waals surface area contributed by atoms with Crippen molar-refractivity contribution >= 4 is 23.4 Å². The third kappa shape index (κ3) is 5.51. The lowest BCUT2D eigenvalue weighted by atomic mass is 10.1. The van der Waals surface area contributed by atoms with E-state index in [-0.39, 0.29) is 10.6 Å². The number of nitrogens with one attached hydrogen (secondary N) is 1. The lowest BCUT2D eigenvalue weighted by Gasteiger charge is -2.39. The highest BCUT2D eigenvalue weighted by molar-refractivity contribution is 8.00. The number of hydrogen-bond acceptors (Lipinski definition) is 4. The van der Waals surface area contributed by atoms with Crippen LogP contribution < -0.4 is 10.2 Å². The highest BCUT2D eigenvalue weighted by Crippen LogP contribution is 2.29. The van der Waals surface area contributed by atoms with Crippen LogP contribution in [0.3, 0.4) is 0 Å². The fraction of sp³-hybridized carbons (Fsp3) is 0.650. The molecule has 0 bridgehead atoms. The van der Waals surface area contributed by atoms with Crippen LogP contribution in [0.25, 0.3) is 0 Å². The van der Waals surface area contributed by atoms with E-state index in [1.807, 2.05) is 28.8 Å². The summed E-state index contributed by atoms with van der Waals surface area (Å²) in [4.78, 5) is 9.14. The Kier molecular flexibility index (Phi) is 6.87. The van der Waals surface area contributed by atoms with E-state index in [1.165, 1.54) is 0 Å². The number of morpholine rings is 1. The molecule has 2 saturated heterocycles. The summed E-state index contributed by atoms with van der Waals surface area (Å²) < 4.78 is 20.2. The Labute approximate surface area is 166 Å². The number of thioether (sulfide) groups is 1. The lowest BCUT2D eigenvalue weighted by Crippen LogP contribution is -2.50. The third-order valence-corrected chi connectivity index (χ3v) is 6.13. The van der Waals surface area contributed by atoms with Gasteiger partial charge in [-0.05, 0) is 38.5 Å². The van der Waals surface area contributed by atoms with E-state index >= 15 is 0 Å². The summed E-state index contributed by atoms with van der Waals surface area (Å²) in [6.45, 7) is 12.7. The standard InChI is InChI=1S/C20H31FN4OS/c1-4-22-19(25-9-12-27-20(2,3)15-25)23-14-16-5-6-18(17(21)13-16)24-7-10-26-11-8-24/h5-6,13H,4,7-12,14-15H2,1-3H3,(H,22,23). The molecule has 0 unspecified atom stereocenters. The van der Waals surface area contributed by atoms with Gasteiger partial charge >= 0.3 is 0 Å². The molecule has 2 fully saturated rings. The van der Waals surface area contributed by atoms with Gasteiger partial charge in [-0.3, -0.25) is 0 Å². The van der Waals surface area contributed by atoms with Crippen molar-refractivity contribution in [3.63, 3.8) is 0 Å². The molecule has 1 aromatic rings. The molecule has 2 aliphatic heterocycles. The third-order valence-electron chi connectivity index (χ3n) is 4.84. The van der Waals surface area contributed by atoms with E-state index in [0.29, 0.717) is 25.4 Å². The molecule has 27 heavy (non-hydrogen) atoms. The van der Waals surface area contributed by atoms with Crippen LogP contribution in [-0.4, -0.2) is 67.3 Å². The van der Waals surface area contributed by atoms with Crippen LogP contribution in [0.2, 0.25) is 0 Å². The number of benzene rings is 1. The van der Waals surface area contributed by atoms with Crippen LogP contribution >= 0.6 is 11.8 Å². The van der Waals surface area contributed by atoms with E-state index in [1.54, 1.807) is 6.07 Å². The number of aliphatic imine (C=N–C) groups is 1. The molecule has 0 aliphatic carbocycles. The summed E-state index contributed by atoms with van der Waals surface area (Å²) in [5.74, 6) is 1.84. The van der Waals surface area contributed by atoms with E-state index < -0.39 is 0 Å². The molecule has 1 aromatic carbocycles. The zero-order valence-electron chi connectivity index (χ0n) is 16.6. The summed E-state index contributed by atoms with van der Waals surface area (Å²) >= 11 is 2.00. The van der Waals surface area contributed by atoms with Crippen LogP contribution in [0.4, 0.5) is 10.1 Å². The molecule has 1 N–H and O–H groups in total. The summed E-state index contributed by atoms with van der Waals surface area (Å²) in [6, 6.07) is 5.48. The molecule has 0 aromatic heterocycles. The minimum absolute atomic E-state index is 0.176. The number of halogens is 1. The van der Waals surface area contributed by atoms with Crippen molar-refractivity contribution in [2.45, 2.75) is 32.1 Å². The summed E-state index contributed by atoms with van der Waals surface area (Å²) in [5, 5.41) is 3.39. The van der Waals surface area contributed by atoms with E-state index in [2.05, 4.69) is 31.0 Å². The van der Waals surface area contributed by atoms with Crippen molar-refractivity contribution < 1.29 is 9.13 Å². The van der Waals surface area contributed by atoms with Gasteiger partial charge in [-0.25, -0.2) is 9.38 Å². The number of hydrogen-bond donors (Lipinski definition) is 1. The maximum Gasteiger partial charge on any atom is 0.194 e. The first kappa shape index (κ1) is 20.3. The monoisotopic (exact) mass is 394 g/mol. The Morgan fingerprint density at radius 1 is 1.30 bits per heavy atom. The Balaban J connectivity index is 1.69. The zero-order valence-corrected chi connectivity index (χ0v) is 17.4. The van der Waals surface area contributed by atoms with Crippen LogP contribution in [0, 0.1) is 5.82 Å². The van der Waals surface area contributed by atoms with Crippen molar-refractivity contribution in [3.05, 3.63) is 29.6 Å². The Bertz CT molecular complexity index is 661. The largest absolute Gasteiger partial charge is 0.378 e. The Morgan fingerprint density at radius 3 is 2.74 bits per heavy atom. The molecule has 0 amide bonds. The molecular formula is C20H31FN4OS. The smallest absolute Gasteiger partial charge is 0.194 e. The Morgan fingerprint density at radius 2 is 2.07 bits per heavy atom. The average molecular weight is 395 g/mol. The summed E-state index contributed by atoms with van der Waals surface area (Å²) in [6.07, 6.45) is 0. The quantitative estimate of drug-likeness (QED) is 0.628. The molecule has 0 spiro atoms. The van der Waals surface area contributed by atoms with Gasteiger partial charge in [0.05, 0.1) is 25.4 Å². The zero-order chi connectivity index (χ0) is 19.3. The van der Waals surface area contributed by atoms with Gasteiger partial charge in [-0.15, -0.1) is 0 Å². The number of rotatable bonds is 4. The van der Waals surface area contributed by atoms with Gasteiger partial charge in [0, 0.05) is 43.2 Å². The average Bonchev–Trinajstić information content (AvgIpc) is 2.65. The van der Waals surface area contributed by atoms with E-state index in [0.717, 1.165) is 50.0 Å². The first-order valence-corrected chi connectivity index (χ1v) is 10.8. The van der Waals surface area contributed by atoms with Crippen LogP contribution in [-0.2, 0) is 11.3 Å². The fourth-order valence-electron chi connectivity index (χ4n) is 3.50. The molecular weight excluding hydrogens is 363 g/mol. The van der Waals surface area contributed by atoms with Crippen LogP contribution in [0.5, 0.6) is 0 Å². The number of nitrogens with zero attached hydrogens (tertiary/aromatic N) is 3. The van der Waals surface area contributed by atoms with Crippen molar-refractivity contribution in [2.75, 3.05) is 56.6 Å². The van der Waals surface area contributed by atoms with Crippen molar-refractivity contribution in [1.29, 1.82) is 0 Å². The van der Waals surface area contributed by atoms with Gasteiger partial charge in [-0.2, -0.15) is 11.8 Å². The normalized spacial score (nSPS) is 20.7. The number of guanidine groups is 1. The fourth-order valence-corrected chi connectivity index (χ4v) is 4.61. The SMILES string of the molecule is CCNC(=NCc1ccc(N2CCOCC2)c(F)c1)N1CCSC(C)(C)C1. The van der Waals surface area contributed by atoms with E-state index in [9.17, 15) is 4.39 Å². The molecule has 2 heterocycles. The second kappa shape index (κ2) is 9.15. The molecule has 3 rings (SSSR count). The highest BCUT2D eigenvalue weighted by Gasteiger charge is 2.28. The highest BCUT2D eigenvalue weighted by atomic mass is 32.2. The predicted octanol–water partition coefficient (Wildman–Crippen LogP) is 2.96. The van der Waals surface area contributed by atoms with Gasteiger partial charge < -0.3 is 19.9 Å². The number of anilines is 1. The summed E-state index contributed by atoms with van der Waals surface area (Å²) in [5.41, 5.74) is 1.55. The Hall–Kier alpha value is -1.47. The van der Waals surface area contributed by atoms with E-state index in [4.69, 9.17) is 9.73 Å². The molecule has 0 atom stereocenters. The summed E-state index contributed by atoms with van der Waals surface area (Å²) in [7, 11) is 0. The van der Waals surface area contributed by atoms with Crippen LogP contribution in [0.15, 0.2) is 23.2 Å². The molecule has 2 aliphatic rings. The van der Waals surface area contributed by atoms with Crippen molar-refractivity contribution in [2.24, 2.45) is 4.99 Å². The van der Waals surface area contributed by atoms with Gasteiger partial charge in [0.25, 0.3) is 0 Å². The van der Waals surface area contributed by atoms with Crippen molar-refractivity contribution in [3.8, 4) is 0 Å². The molecule has 0 saturated carbocycles. The first-order valence-electron chi connectivity index (χ1n) is 9.77. The van der Waals surface area contributed by atoms with Gasteiger partial charge in [-0.1, -0.05) is 6.07 Å². The maximum atomic E-state index is 14.6. The molecule has 150 valence electrons. The first-order chi connectivity index (χ1) is 13.0. The maximum absolute atomic E-state index is 14.6. The minimum atomic E-state index is -0.176. The number of ether oxygens (including phenoxy) is 1. The lowest BCUT2D eigenvalue weighted by molar-refractivity contribution is 0.122. The molecule has 7 heteroatoms. The van der Waals surface area contributed by atoms with Gasteiger partial charge in [0.1, 0.15) is 5.82 Å². The van der Waals surface area contributed by atoms with Crippen molar-refractivity contribution in [1.82, 2.24) is 10.2 Å². The molecule has 5 nitrogen and oxygen atoms in total. The van der Waals surface area contributed by atoms with Gasteiger partial charge in [0.15, 0.2) is 5.96 Å². The second-order valence-corrected chi connectivity index (χ2v) is 9.39.